The van der Waals surface area contributed by atoms with Gasteiger partial charge in [-0.3, -0.25) is 4.98 Å². The van der Waals surface area contributed by atoms with Crippen molar-refractivity contribution in [1.82, 2.24) is 10.1 Å². The van der Waals surface area contributed by atoms with Crippen molar-refractivity contribution in [2.45, 2.75) is 6.92 Å². The quantitative estimate of drug-likeness (QED) is 0.790. The van der Waals surface area contributed by atoms with Crippen LogP contribution in [0.5, 0.6) is 0 Å². The van der Waals surface area contributed by atoms with E-state index >= 15 is 0 Å². The molecule has 0 aliphatic rings. The van der Waals surface area contributed by atoms with E-state index in [2.05, 4.69) is 10.1 Å². The number of carboxylic acids is 1. The molecule has 23 heavy (non-hydrogen) atoms. The second kappa shape index (κ2) is 6.27. The van der Waals surface area contributed by atoms with Gasteiger partial charge in [-0.1, -0.05) is 35.5 Å². The van der Waals surface area contributed by atoms with Crippen LogP contribution in [0.25, 0.3) is 23.4 Å². The van der Waals surface area contributed by atoms with Gasteiger partial charge in [-0.25, -0.2) is 4.79 Å². The minimum atomic E-state index is -0.991. The number of benzene rings is 1. The summed E-state index contributed by atoms with van der Waals surface area (Å²) in [6.07, 6.45) is 5.01. The molecule has 3 aromatic rings. The molecule has 2 heterocycles. The molecule has 0 radical (unpaired) electrons. The standard InChI is InChI=1S/C18H14N2O3/c1-12-16(17(20-23-12)13-5-3-2-4-6-13)10-9-15-8-7-14(11-19-15)18(21)22/h2-11H,1H3,(H,21,22). The van der Waals surface area contributed by atoms with Gasteiger partial charge in [0.05, 0.1) is 11.3 Å². The first-order valence-corrected chi connectivity index (χ1v) is 7.04. The van der Waals surface area contributed by atoms with Crippen LogP contribution in [0.1, 0.15) is 27.4 Å². The summed E-state index contributed by atoms with van der Waals surface area (Å²) < 4.78 is 5.29. The molecule has 0 amide bonds. The molecule has 0 saturated heterocycles. The molecule has 2 aromatic heterocycles. The summed E-state index contributed by atoms with van der Waals surface area (Å²) in [4.78, 5) is 14.9. The lowest BCUT2D eigenvalue weighted by atomic mass is 10.1. The molecule has 0 aliphatic carbocycles. The lowest BCUT2D eigenvalue weighted by Gasteiger charge is -1.98. The van der Waals surface area contributed by atoms with Gasteiger partial charge in [0.2, 0.25) is 0 Å². The van der Waals surface area contributed by atoms with Gasteiger partial charge >= 0.3 is 5.97 Å². The van der Waals surface area contributed by atoms with E-state index in [-0.39, 0.29) is 5.56 Å². The first-order chi connectivity index (χ1) is 11.1. The summed E-state index contributed by atoms with van der Waals surface area (Å²) >= 11 is 0. The van der Waals surface area contributed by atoms with Gasteiger partial charge in [-0.2, -0.15) is 0 Å². The zero-order chi connectivity index (χ0) is 16.2. The highest BCUT2D eigenvalue weighted by atomic mass is 16.5. The molecule has 1 aromatic carbocycles. The predicted octanol–water partition coefficient (Wildman–Crippen LogP) is 3.91. The number of carboxylic acid groups (broad SMARTS) is 1. The van der Waals surface area contributed by atoms with Gasteiger partial charge in [0.25, 0.3) is 0 Å². The van der Waals surface area contributed by atoms with E-state index < -0.39 is 5.97 Å². The fourth-order valence-electron chi connectivity index (χ4n) is 2.18. The van der Waals surface area contributed by atoms with Crippen molar-refractivity contribution < 1.29 is 14.4 Å². The molecular formula is C18H14N2O3. The smallest absolute Gasteiger partial charge is 0.337 e. The van der Waals surface area contributed by atoms with E-state index in [1.54, 1.807) is 12.1 Å². The number of hydrogen-bond donors (Lipinski definition) is 1. The lowest BCUT2D eigenvalue weighted by molar-refractivity contribution is 0.0696. The molecule has 114 valence electrons. The molecule has 5 nitrogen and oxygen atoms in total. The number of aryl methyl sites for hydroxylation is 1. The molecule has 0 bridgehead atoms. The Bertz CT molecular complexity index is 850. The summed E-state index contributed by atoms with van der Waals surface area (Å²) in [5.41, 5.74) is 3.43. The number of hydrogen-bond acceptors (Lipinski definition) is 4. The normalized spacial score (nSPS) is 11.0. The molecule has 0 spiro atoms. The van der Waals surface area contributed by atoms with Gasteiger partial charge in [0, 0.05) is 17.3 Å². The Hall–Kier alpha value is -3.21. The predicted molar refractivity (Wildman–Crippen MR) is 86.8 cm³/mol. The van der Waals surface area contributed by atoms with Crippen molar-refractivity contribution in [2.75, 3.05) is 0 Å². The molecular weight excluding hydrogens is 292 g/mol. The van der Waals surface area contributed by atoms with Crippen molar-refractivity contribution in [3.63, 3.8) is 0 Å². The highest BCUT2D eigenvalue weighted by Gasteiger charge is 2.11. The van der Waals surface area contributed by atoms with Crippen LogP contribution < -0.4 is 0 Å². The monoisotopic (exact) mass is 306 g/mol. The fraction of sp³-hybridized carbons (Fsp3) is 0.0556. The molecule has 0 aliphatic heterocycles. The average molecular weight is 306 g/mol. The second-order valence-electron chi connectivity index (χ2n) is 4.98. The van der Waals surface area contributed by atoms with Crippen LogP contribution in [0.15, 0.2) is 53.2 Å². The Morgan fingerprint density at radius 3 is 2.57 bits per heavy atom. The maximum Gasteiger partial charge on any atom is 0.337 e. The molecule has 1 N–H and O–H groups in total. The highest BCUT2D eigenvalue weighted by molar-refractivity contribution is 5.87. The van der Waals surface area contributed by atoms with Gasteiger partial charge in [0.1, 0.15) is 11.5 Å². The lowest BCUT2D eigenvalue weighted by Crippen LogP contribution is -1.96. The first kappa shape index (κ1) is 14.7. The largest absolute Gasteiger partial charge is 0.478 e. The third-order valence-electron chi connectivity index (χ3n) is 3.41. The van der Waals surface area contributed by atoms with Crippen molar-refractivity contribution >= 4 is 18.1 Å². The summed E-state index contributed by atoms with van der Waals surface area (Å²) in [5.74, 6) is -0.281. The van der Waals surface area contributed by atoms with Crippen LogP contribution in [0.2, 0.25) is 0 Å². The number of aromatic carboxylic acids is 1. The number of nitrogens with zero attached hydrogens (tertiary/aromatic N) is 2. The first-order valence-electron chi connectivity index (χ1n) is 7.04. The molecule has 0 unspecified atom stereocenters. The molecule has 5 heteroatoms. The van der Waals surface area contributed by atoms with E-state index in [4.69, 9.17) is 9.63 Å². The summed E-state index contributed by atoms with van der Waals surface area (Å²) in [5, 5.41) is 13.0. The summed E-state index contributed by atoms with van der Waals surface area (Å²) in [6, 6.07) is 12.9. The zero-order valence-electron chi connectivity index (χ0n) is 12.4. The third kappa shape index (κ3) is 3.18. The Morgan fingerprint density at radius 1 is 1.13 bits per heavy atom. The molecule has 0 atom stereocenters. The molecule has 3 rings (SSSR count). The van der Waals surface area contributed by atoms with Crippen molar-refractivity contribution in [3.8, 4) is 11.3 Å². The van der Waals surface area contributed by atoms with Crippen LogP contribution in [-0.2, 0) is 0 Å². The van der Waals surface area contributed by atoms with Crippen molar-refractivity contribution in [1.29, 1.82) is 0 Å². The van der Waals surface area contributed by atoms with E-state index in [1.807, 2.05) is 43.3 Å². The van der Waals surface area contributed by atoms with E-state index in [9.17, 15) is 4.79 Å². The number of aromatic nitrogens is 2. The van der Waals surface area contributed by atoms with Crippen LogP contribution in [0.3, 0.4) is 0 Å². The Kier molecular flexibility index (Phi) is 4.01. The molecule has 0 saturated carbocycles. The van der Waals surface area contributed by atoms with Crippen molar-refractivity contribution in [3.05, 3.63) is 71.2 Å². The van der Waals surface area contributed by atoms with Gasteiger partial charge in [0.15, 0.2) is 0 Å². The fourth-order valence-corrected chi connectivity index (χ4v) is 2.18. The summed E-state index contributed by atoms with van der Waals surface area (Å²) in [7, 11) is 0. The van der Waals surface area contributed by atoms with Crippen molar-refractivity contribution in [2.24, 2.45) is 0 Å². The maximum absolute atomic E-state index is 10.8. The van der Waals surface area contributed by atoms with Crippen LogP contribution >= 0.6 is 0 Å². The van der Waals surface area contributed by atoms with Gasteiger partial charge < -0.3 is 9.63 Å². The van der Waals surface area contributed by atoms with Crippen LogP contribution in [0.4, 0.5) is 0 Å². The van der Waals surface area contributed by atoms with Crippen LogP contribution in [0, 0.1) is 6.92 Å². The SMILES string of the molecule is Cc1onc(-c2ccccc2)c1C=Cc1ccc(C(=O)O)cn1. The number of rotatable bonds is 4. The van der Waals surface area contributed by atoms with Gasteiger partial charge in [-0.05, 0) is 31.2 Å². The summed E-state index contributed by atoms with van der Waals surface area (Å²) in [6.45, 7) is 1.85. The Labute approximate surface area is 132 Å². The van der Waals surface area contributed by atoms with Gasteiger partial charge in [-0.15, -0.1) is 0 Å². The Balaban J connectivity index is 1.91. The minimum absolute atomic E-state index is 0.160. The highest BCUT2D eigenvalue weighted by Crippen LogP contribution is 2.26. The number of pyridine rings is 1. The average Bonchev–Trinajstić information content (AvgIpc) is 2.95. The topological polar surface area (TPSA) is 76.2 Å². The number of carbonyl (C=O) groups is 1. The minimum Gasteiger partial charge on any atom is -0.478 e. The Morgan fingerprint density at radius 2 is 1.91 bits per heavy atom. The van der Waals surface area contributed by atoms with E-state index in [0.29, 0.717) is 11.5 Å². The second-order valence-corrected chi connectivity index (χ2v) is 4.98. The third-order valence-corrected chi connectivity index (χ3v) is 3.41. The zero-order valence-corrected chi connectivity index (χ0v) is 12.4. The maximum atomic E-state index is 10.8. The van der Waals surface area contributed by atoms with Crippen LogP contribution in [-0.4, -0.2) is 21.2 Å². The molecule has 0 fully saturated rings. The van der Waals surface area contributed by atoms with E-state index in [1.165, 1.54) is 12.3 Å². The van der Waals surface area contributed by atoms with E-state index in [0.717, 1.165) is 16.8 Å².